The molecule has 0 amide bonds. The van der Waals surface area contributed by atoms with Crippen LogP contribution in [0.15, 0.2) is 52.9 Å². The Morgan fingerprint density at radius 1 is 1.28 bits per heavy atom. The first kappa shape index (κ1) is 16.5. The molecular formula is C16H11FN4O3S. The number of nitro groups is 1. The molecule has 1 aromatic heterocycles. The van der Waals surface area contributed by atoms with Crippen LogP contribution in [0.25, 0.3) is 11.3 Å². The molecule has 7 nitrogen and oxygen atoms in total. The molecular weight excluding hydrogens is 347 g/mol. The van der Waals surface area contributed by atoms with Crippen LogP contribution in [0.4, 0.5) is 15.2 Å². The minimum atomic E-state index is -0.822. The lowest BCUT2D eigenvalue weighted by molar-refractivity contribution is -0.385. The molecule has 0 spiro atoms. The molecule has 0 bridgehead atoms. The number of hydrazone groups is 1. The number of phenolic OH excluding ortho intramolecular Hbond substituents is 1. The van der Waals surface area contributed by atoms with Crippen molar-refractivity contribution in [2.24, 2.45) is 5.10 Å². The molecule has 0 radical (unpaired) electrons. The summed E-state index contributed by atoms with van der Waals surface area (Å²) in [5.41, 5.74) is 3.35. The highest BCUT2D eigenvalue weighted by molar-refractivity contribution is 7.14. The van der Waals surface area contributed by atoms with Gasteiger partial charge in [-0.15, -0.1) is 11.3 Å². The molecule has 0 atom stereocenters. The number of thiazole rings is 1. The number of nitrogens with zero attached hydrogens (tertiary/aromatic N) is 3. The molecule has 0 saturated heterocycles. The van der Waals surface area contributed by atoms with Crippen LogP contribution >= 0.6 is 11.3 Å². The molecule has 0 saturated carbocycles. The maximum absolute atomic E-state index is 13.7. The number of aromatic nitrogens is 1. The summed E-state index contributed by atoms with van der Waals surface area (Å²) >= 11 is 1.30. The third-order valence-corrected chi connectivity index (χ3v) is 4.01. The van der Waals surface area contributed by atoms with Crippen LogP contribution < -0.4 is 5.43 Å². The smallest absolute Gasteiger partial charge is 0.311 e. The summed E-state index contributed by atoms with van der Waals surface area (Å²) in [6, 6.07) is 11.3. The minimum absolute atomic E-state index is 0.374. The Labute approximate surface area is 145 Å². The van der Waals surface area contributed by atoms with Crippen LogP contribution in [0.1, 0.15) is 5.56 Å². The second-order valence-corrected chi connectivity index (χ2v) is 5.72. The first-order valence-electron chi connectivity index (χ1n) is 7.02. The molecule has 2 aromatic carbocycles. The Balaban J connectivity index is 1.77. The summed E-state index contributed by atoms with van der Waals surface area (Å²) in [5, 5.41) is 26.6. The van der Waals surface area contributed by atoms with Gasteiger partial charge in [0.15, 0.2) is 0 Å². The fraction of sp³-hybridized carbons (Fsp3) is 0. The molecule has 0 aliphatic rings. The van der Waals surface area contributed by atoms with Crippen molar-refractivity contribution in [3.05, 3.63) is 69.3 Å². The number of anilines is 1. The summed E-state index contributed by atoms with van der Waals surface area (Å²) in [7, 11) is 0. The molecule has 126 valence electrons. The molecule has 0 aliphatic carbocycles. The first-order chi connectivity index (χ1) is 12.1. The lowest BCUT2D eigenvalue weighted by Gasteiger charge is -2.01. The van der Waals surface area contributed by atoms with E-state index in [9.17, 15) is 19.6 Å². The summed E-state index contributed by atoms with van der Waals surface area (Å²) in [6.45, 7) is 0. The predicted octanol–water partition coefficient (Wildman–Crippen LogP) is 4.01. The Hall–Kier alpha value is -3.33. The number of phenols is 1. The van der Waals surface area contributed by atoms with Crippen LogP contribution in [-0.4, -0.2) is 21.2 Å². The topological polar surface area (TPSA) is 101 Å². The standard InChI is InChI=1S/C16H11FN4O3S/c17-12-6-7-14(21(23)24)15(22)11(12)8-18-20-16-19-13(9-25-16)10-4-2-1-3-5-10/h1-9,22H,(H,19,20). The quantitative estimate of drug-likeness (QED) is 0.408. The van der Waals surface area contributed by atoms with Gasteiger partial charge in [-0.25, -0.2) is 9.37 Å². The van der Waals surface area contributed by atoms with Crippen LogP contribution in [0.2, 0.25) is 0 Å². The van der Waals surface area contributed by atoms with Gasteiger partial charge in [-0.2, -0.15) is 5.10 Å². The Kier molecular flexibility index (Phi) is 4.66. The predicted molar refractivity (Wildman–Crippen MR) is 93.5 cm³/mol. The number of benzene rings is 2. The zero-order valence-electron chi connectivity index (χ0n) is 12.6. The lowest BCUT2D eigenvalue weighted by atomic mass is 10.2. The molecule has 1 heterocycles. The fourth-order valence-corrected chi connectivity index (χ4v) is 2.73. The van der Waals surface area contributed by atoms with Gasteiger partial charge in [0.05, 0.1) is 22.4 Å². The third kappa shape index (κ3) is 3.61. The second-order valence-electron chi connectivity index (χ2n) is 4.86. The van der Waals surface area contributed by atoms with E-state index < -0.39 is 22.2 Å². The molecule has 25 heavy (non-hydrogen) atoms. The average molecular weight is 358 g/mol. The Morgan fingerprint density at radius 2 is 2.04 bits per heavy atom. The van der Waals surface area contributed by atoms with Crippen LogP contribution in [0.3, 0.4) is 0 Å². The molecule has 2 N–H and O–H groups in total. The van der Waals surface area contributed by atoms with Crippen molar-refractivity contribution in [3.63, 3.8) is 0 Å². The van der Waals surface area contributed by atoms with Gasteiger partial charge >= 0.3 is 5.69 Å². The lowest BCUT2D eigenvalue weighted by Crippen LogP contribution is -1.97. The highest BCUT2D eigenvalue weighted by Gasteiger charge is 2.19. The van der Waals surface area contributed by atoms with Gasteiger partial charge < -0.3 is 5.11 Å². The third-order valence-electron chi connectivity index (χ3n) is 3.27. The normalized spacial score (nSPS) is 10.9. The zero-order valence-corrected chi connectivity index (χ0v) is 13.4. The van der Waals surface area contributed by atoms with Crippen LogP contribution in [0, 0.1) is 15.9 Å². The van der Waals surface area contributed by atoms with E-state index >= 15 is 0 Å². The first-order valence-corrected chi connectivity index (χ1v) is 7.90. The Bertz CT molecular complexity index is 944. The molecule has 3 aromatic rings. The van der Waals surface area contributed by atoms with E-state index in [4.69, 9.17) is 0 Å². The Morgan fingerprint density at radius 3 is 2.76 bits per heavy atom. The second kappa shape index (κ2) is 7.05. The maximum Gasteiger partial charge on any atom is 0.311 e. The van der Waals surface area contributed by atoms with Gasteiger partial charge in [-0.05, 0) is 6.07 Å². The van der Waals surface area contributed by atoms with Crippen molar-refractivity contribution in [1.29, 1.82) is 0 Å². The number of hydrogen-bond acceptors (Lipinski definition) is 7. The number of nitrogens with one attached hydrogen (secondary N) is 1. The van der Waals surface area contributed by atoms with Gasteiger partial charge in [0.1, 0.15) is 5.82 Å². The summed E-state index contributed by atoms with van der Waals surface area (Å²) in [5.74, 6) is -1.60. The van der Waals surface area contributed by atoms with E-state index in [1.165, 1.54) is 11.3 Å². The van der Waals surface area contributed by atoms with E-state index in [1.54, 1.807) is 0 Å². The fourth-order valence-electron chi connectivity index (χ4n) is 2.06. The molecule has 0 unspecified atom stereocenters. The monoisotopic (exact) mass is 358 g/mol. The minimum Gasteiger partial charge on any atom is -0.502 e. The zero-order chi connectivity index (χ0) is 17.8. The highest BCUT2D eigenvalue weighted by atomic mass is 32.1. The van der Waals surface area contributed by atoms with Gasteiger partial charge in [-0.3, -0.25) is 15.5 Å². The van der Waals surface area contributed by atoms with Crippen molar-refractivity contribution in [3.8, 4) is 17.0 Å². The van der Waals surface area contributed by atoms with Crippen molar-refractivity contribution in [2.45, 2.75) is 0 Å². The van der Waals surface area contributed by atoms with Crippen molar-refractivity contribution in [1.82, 2.24) is 4.98 Å². The SMILES string of the molecule is O=[N+]([O-])c1ccc(F)c(C=NNc2nc(-c3ccccc3)cs2)c1O. The summed E-state index contributed by atoms with van der Waals surface area (Å²) < 4.78 is 13.7. The molecule has 0 aliphatic heterocycles. The van der Waals surface area contributed by atoms with Crippen LogP contribution in [0.5, 0.6) is 5.75 Å². The van der Waals surface area contributed by atoms with E-state index in [0.717, 1.165) is 29.6 Å². The van der Waals surface area contributed by atoms with Gasteiger partial charge in [0, 0.05) is 17.0 Å². The number of hydrogen-bond donors (Lipinski definition) is 2. The molecule has 0 fully saturated rings. The summed E-state index contributed by atoms with van der Waals surface area (Å²) in [6.07, 6.45) is 0.973. The number of aromatic hydroxyl groups is 1. The van der Waals surface area contributed by atoms with E-state index in [0.29, 0.717) is 5.13 Å². The maximum atomic E-state index is 13.7. The van der Waals surface area contributed by atoms with E-state index in [1.807, 2.05) is 35.7 Å². The molecule has 3 rings (SSSR count). The van der Waals surface area contributed by atoms with Crippen molar-refractivity contribution in [2.75, 3.05) is 5.43 Å². The van der Waals surface area contributed by atoms with Gasteiger partial charge in [0.2, 0.25) is 10.9 Å². The molecule has 9 heteroatoms. The van der Waals surface area contributed by atoms with Gasteiger partial charge in [-0.1, -0.05) is 30.3 Å². The van der Waals surface area contributed by atoms with Crippen LogP contribution in [-0.2, 0) is 0 Å². The number of halogens is 1. The number of nitro benzene ring substituents is 1. The van der Waals surface area contributed by atoms with E-state index in [2.05, 4.69) is 15.5 Å². The highest BCUT2D eigenvalue weighted by Crippen LogP contribution is 2.30. The van der Waals surface area contributed by atoms with Gasteiger partial charge in [0.25, 0.3) is 0 Å². The average Bonchev–Trinajstić information content (AvgIpc) is 3.07. The number of rotatable bonds is 5. The largest absolute Gasteiger partial charge is 0.502 e. The van der Waals surface area contributed by atoms with Crippen molar-refractivity contribution < 1.29 is 14.4 Å². The van der Waals surface area contributed by atoms with Crippen molar-refractivity contribution >= 4 is 28.4 Å². The summed E-state index contributed by atoms with van der Waals surface area (Å²) in [4.78, 5) is 14.3. The van der Waals surface area contributed by atoms with E-state index in [-0.39, 0.29) is 5.56 Å².